The summed E-state index contributed by atoms with van der Waals surface area (Å²) >= 11 is 0. The second kappa shape index (κ2) is 9.25. The fraction of sp³-hybridized carbons (Fsp3) is 0.391. The van der Waals surface area contributed by atoms with Crippen molar-refractivity contribution >= 4 is 23.3 Å². The van der Waals surface area contributed by atoms with E-state index in [1.807, 2.05) is 29.2 Å². The number of amides is 1. The zero-order valence-electron chi connectivity index (χ0n) is 17.8. The SMILES string of the molecule is CC(OC(=O)c1ccc(N2CCCC2)c([N+](=O)[O-])c1)C(=O)NC1CCOc2ccccc21. The van der Waals surface area contributed by atoms with Gasteiger partial charge in [0.1, 0.15) is 11.4 Å². The molecule has 9 nitrogen and oxygen atoms in total. The number of benzene rings is 2. The molecule has 1 saturated heterocycles. The molecule has 0 spiro atoms. The van der Waals surface area contributed by atoms with Crippen LogP contribution in [0, 0.1) is 10.1 Å². The summed E-state index contributed by atoms with van der Waals surface area (Å²) in [5.41, 5.74) is 1.26. The monoisotopic (exact) mass is 439 g/mol. The fourth-order valence-electron chi connectivity index (χ4n) is 4.09. The molecule has 1 N–H and O–H groups in total. The van der Waals surface area contributed by atoms with E-state index in [0.29, 0.717) is 18.7 Å². The predicted octanol–water partition coefficient (Wildman–Crippen LogP) is 3.38. The van der Waals surface area contributed by atoms with Crippen LogP contribution in [-0.4, -0.2) is 42.6 Å². The molecule has 2 unspecified atom stereocenters. The molecule has 0 bridgehead atoms. The van der Waals surface area contributed by atoms with Gasteiger partial charge < -0.3 is 19.7 Å². The summed E-state index contributed by atoms with van der Waals surface area (Å²) in [5, 5.41) is 14.5. The van der Waals surface area contributed by atoms with Crippen molar-refractivity contribution in [3.63, 3.8) is 0 Å². The summed E-state index contributed by atoms with van der Waals surface area (Å²) in [6, 6.07) is 11.5. The lowest BCUT2D eigenvalue weighted by molar-refractivity contribution is -0.384. The zero-order chi connectivity index (χ0) is 22.7. The summed E-state index contributed by atoms with van der Waals surface area (Å²) in [4.78, 5) is 38.2. The van der Waals surface area contributed by atoms with Crippen LogP contribution in [0.4, 0.5) is 11.4 Å². The van der Waals surface area contributed by atoms with Crippen LogP contribution in [0.25, 0.3) is 0 Å². The van der Waals surface area contributed by atoms with Gasteiger partial charge >= 0.3 is 5.97 Å². The Morgan fingerprint density at radius 2 is 1.97 bits per heavy atom. The average molecular weight is 439 g/mol. The third-order valence-corrected chi connectivity index (χ3v) is 5.78. The van der Waals surface area contributed by atoms with E-state index in [0.717, 1.165) is 37.2 Å². The van der Waals surface area contributed by atoms with Gasteiger partial charge in [0.15, 0.2) is 6.10 Å². The van der Waals surface area contributed by atoms with Gasteiger partial charge in [0.25, 0.3) is 11.6 Å². The highest BCUT2D eigenvalue weighted by Gasteiger charge is 2.28. The normalized spacial score (nSPS) is 18.3. The molecule has 2 aromatic carbocycles. The first-order chi connectivity index (χ1) is 15.4. The average Bonchev–Trinajstić information content (AvgIpc) is 3.33. The highest BCUT2D eigenvalue weighted by atomic mass is 16.6. The Morgan fingerprint density at radius 3 is 2.72 bits per heavy atom. The fourth-order valence-corrected chi connectivity index (χ4v) is 4.09. The lowest BCUT2D eigenvalue weighted by Crippen LogP contribution is -2.39. The van der Waals surface area contributed by atoms with Gasteiger partial charge in [0.05, 0.1) is 23.1 Å². The number of nitro benzene ring substituents is 1. The number of para-hydroxylation sites is 1. The molecular formula is C23H25N3O6. The molecule has 1 amide bonds. The number of nitrogens with zero attached hydrogens (tertiary/aromatic N) is 2. The van der Waals surface area contributed by atoms with Crippen LogP contribution >= 0.6 is 0 Å². The zero-order valence-corrected chi connectivity index (χ0v) is 17.8. The Bertz CT molecular complexity index is 1030. The quantitative estimate of drug-likeness (QED) is 0.417. The second-order valence-electron chi connectivity index (χ2n) is 7.94. The molecule has 0 aliphatic carbocycles. The number of nitro groups is 1. The first-order valence-corrected chi connectivity index (χ1v) is 10.7. The molecule has 2 aliphatic heterocycles. The van der Waals surface area contributed by atoms with Crippen molar-refractivity contribution < 1.29 is 24.0 Å². The standard InChI is InChI=1S/C23H25N3O6/c1-15(22(27)24-18-10-13-31-21-7-3-2-6-17(18)21)32-23(28)16-8-9-19(20(14-16)26(29)30)25-11-4-5-12-25/h2-3,6-9,14-15,18H,4-5,10-13H2,1H3,(H,24,27). The van der Waals surface area contributed by atoms with Crippen LogP contribution in [0.15, 0.2) is 42.5 Å². The minimum absolute atomic E-state index is 0.0377. The summed E-state index contributed by atoms with van der Waals surface area (Å²) in [7, 11) is 0. The van der Waals surface area contributed by atoms with Crippen molar-refractivity contribution in [1.82, 2.24) is 5.32 Å². The first-order valence-electron chi connectivity index (χ1n) is 10.7. The van der Waals surface area contributed by atoms with Gasteiger partial charge in [-0.25, -0.2) is 4.79 Å². The van der Waals surface area contributed by atoms with E-state index in [-0.39, 0.29) is 17.3 Å². The maximum absolute atomic E-state index is 12.6. The molecule has 2 aliphatic rings. The Hall–Kier alpha value is -3.62. The molecule has 0 saturated carbocycles. The Labute approximate surface area is 185 Å². The van der Waals surface area contributed by atoms with E-state index in [1.54, 1.807) is 6.07 Å². The number of fused-ring (bicyclic) bond motifs is 1. The molecule has 0 aromatic heterocycles. The highest BCUT2D eigenvalue weighted by molar-refractivity contribution is 5.93. The lowest BCUT2D eigenvalue weighted by atomic mass is 10.0. The van der Waals surface area contributed by atoms with Gasteiger partial charge in [-0.05, 0) is 38.0 Å². The molecular weight excluding hydrogens is 414 g/mol. The molecule has 32 heavy (non-hydrogen) atoms. The molecule has 9 heteroatoms. The smallest absolute Gasteiger partial charge is 0.339 e. The van der Waals surface area contributed by atoms with Gasteiger partial charge in [0, 0.05) is 31.1 Å². The van der Waals surface area contributed by atoms with Crippen LogP contribution in [0.2, 0.25) is 0 Å². The summed E-state index contributed by atoms with van der Waals surface area (Å²) in [6.45, 7) is 3.45. The number of rotatable bonds is 6. The van der Waals surface area contributed by atoms with E-state index in [9.17, 15) is 19.7 Å². The largest absolute Gasteiger partial charge is 0.493 e. The van der Waals surface area contributed by atoms with Crippen molar-refractivity contribution in [2.45, 2.75) is 38.3 Å². The van der Waals surface area contributed by atoms with E-state index < -0.39 is 22.9 Å². The Kier molecular flexibility index (Phi) is 6.25. The van der Waals surface area contributed by atoms with Crippen LogP contribution in [0.3, 0.4) is 0 Å². The molecule has 4 rings (SSSR count). The van der Waals surface area contributed by atoms with E-state index in [1.165, 1.54) is 19.1 Å². The van der Waals surface area contributed by atoms with Gasteiger partial charge in [-0.2, -0.15) is 0 Å². The topological polar surface area (TPSA) is 111 Å². The number of hydrogen-bond donors (Lipinski definition) is 1. The maximum Gasteiger partial charge on any atom is 0.339 e. The van der Waals surface area contributed by atoms with Gasteiger partial charge in [0.2, 0.25) is 0 Å². The molecule has 0 radical (unpaired) electrons. The van der Waals surface area contributed by atoms with Gasteiger partial charge in [-0.3, -0.25) is 14.9 Å². The van der Waals surface area contributed by atoms with E-state index in [4.69, 9.17) is 9.47 Å². The number of carbonyl (C=O) groups excluding carboxylic acids is 2. The second-order valence-corrected chi connectivity index (χ2v) is 7.94. The van der Waals surface area contributed by atoms with Gasteiger partial charge in [-0.1, -0.05) is 18.2 Å². The van der Waals surface area contributed by atoms with Gasteiger partial charge in [-0.15, -0.1) is 0 Å². The minimum Gasteiger partial charge on any atom is -0.493 e. The first kappa shape index (κ1) is 21.6. The van der Waals surface area contributed by atoms with Crippen molar-refractivity contribution in [2.24, 2.45) is 0 Å². The highest BCUT2D eigenvalue weighted by Crippen LogP contribution is 2.33. The van der Waals surface area contributed by atoms with E-state index in [2.05, 4.69) is 5.32 Å². The predicted molar refractivity (Wildman–Crippen MR) is 117 cm³/mol. The Morgan fingerprint density at radius 1 is 1.22 bits per heavy atom. The van der Waals surface area contributed by atoms with Crippen LogP contribution in [-0.2, 0) is 9.53 Å². The number of anilines is 1. The number of carbonyl (C=O) groups is 2. The van der Waals surface area contributed by atoms with Crippen LogP contribution in [0.1, 0.15) is 48.1 Å². The molecule has 1 fully saturated rings. The molecule has 168 valence electrons. The Balaban J connectivity index is 1.43. The van der Waals surface area contributed by atoms with Crippen molar-refractivity contribution in [3.8, 4) is 5.75 Å². The number of nitrogens with one attached hydrogen (secondary N) is 1. The summed E-state index contributed by atoms with van der Waals surface area (Å²) < 4.78 is 10.9. The lowest BCUT2D eigenvalue weighted by Gasteiger charge is -2.27. The van der Waals surface area contributed by atoms with Crippen molar-refractivity contribution in [2.75, 3.05) is 24.6 Å². The van der Waals surface area contributed by atoms with Crippen LogP contribution in [0.5, 0.6) is 5.75 Å². The number of ether oxygens (including phenoxy) is 2. The molecule has 2 heterocycles. The maximum atomic E-state index is 12.6. The summed E-state index contributed by atoms with van der Waals surface area (Å²) in [6.07, 6.45) is 1.50. The van der Waals surface area contributed by atoms with Crippen LogP contribution < -0.4 is 15.0 Å². The minimum atomic E-state index is -1.06. The van der Waals surface area contributed by atoms with E-state index >= 15 is 0 Å². The number of esters is 1. The number of hydrogen-bond acceptors (Lipinski definition) is 7. The third kappa shape index (κ3) is 4.51. The summed E-state index contributed by atoms with van der Waals surface area (Å²) in [5.74, 6) is -0.501. The van der Waals surface area contributed by atoms with Crippen molar-refractivity contribution in [3.05, 3.63) is 63.7 Å². The molecule has 2 atom stereocenters. The third-order valence-electron chi connectivity index (χ3n) is 5.78. The molecule has 2 aromatic rings. The van der Waals surface area contributed by atoms with Crippen molar-refractivity contribution in [1.29, 1.82) is 0 Å².